The Bertz CT molecular complexity index is 911. The molecule has 0 aliphatic carbocycles. The predicted octanol–water partition coefficient (Wildman–Crippen LogP) is 2.19. The molecule has 0 saturated carbocycles. The molecule has 4 rings (SSSR count). The number of piperidine rings is 1. The van der Waals surface area contributed by atoms with E-state index in [0.717, 1.165) is 25.2 Å². The van der Waals surface area contributed by atoms with Gasteiger partial charge in [0.05, 0.1) is 25.7 Å². The van der Waals surface area contributed by atoms with E-state index < -0.39 is 11.5 Å². The van der Waals surface area contributed by atoms with Crippen molar-refractivity contribution in [3.8, 4) is 11.8 Å². The SMILES string of the molecule is COC(=O)C1CC(=O)N(OC)C12CCN(Cc1ccc(Oc3ncccn3)cc1)CC2. The molecule has 0 bridgehead atoms. The van der Waals surface area contributed by atoms with Crippen LogP contribution in [0.25, 0.3) is 0 Å². The molecule has 164 valence electrons. The molecule has 3 heterocycles. The first kappa shape index (κ1) is 21.2. The van der Waals surface area contributed by atoms with Gasteiger partial charge in [-0.3, -0.25) is 19.3 Å². The van der Waals surface area contributed by atoms with Gasteiger partial charge in [0.25, 0.3) is 0 Å². The number of benzene rings is 1. The highest BCUT2D eigenvalue weighted by Crippen LogP contribution is 2.44. The minimum absolute atomic E-state index is 0.132. The van der Waals surface area contributed by atoms with Crippen LogP contribution in [0.5, 0.6) is 11.8 Å². The fourth-order valence-electron chi connectivity index (χ4n) is 4.58. The van der Waals surface area contributed by atoms with E-state index >= 15 is 0 Å². The zero-order valence-corrected chi connectivity index (χ0v) is 17.7. The van der Waals surface area contributed by atoms with Crippen molar-refractivity contribution < 1.29 is 23.9 Å². The molecule has 9 heteroatoms. The van der Waals surface area contributed by atoms with Crippen LogP contribution in [0.15, 0.2) is 42.7 Å². The Morgan fingerprint density at radius 1 is 1.13 bits per heavy atom. The molecule has 2 aliphatic heterocycles. The highest BCUT2D eigenvalue weighted by atomic mass is 16.7. The van der Waals surface area contributed by atoms with Crippen LogP contribution in [-0.2, 0) is 25.7 Å². The van der Waals surface area contributed by atoms with E-state index in [-0.39, 0.29) is 18.3 Å². The lowest BCUT2D eigenvalue weighted by atomic mass is 9.77. The summed E-state index contributed by atoms with van der Waals surface area (Å²) in [5, 5.41) is 1.41. The fraction of sp³-hybridized carbons (Fsp3) is 0.455. The number of amides is 1. The molecule has 2 saturated heterocycles. The third-order valence-corrected chi connectivity index (χ3v) is 6.13. The van der Waals surface area contributed by atoms with E-state index in [1.807, 2.05) is 24.3 Å². The molecule has 1 spiro atoms. The summed E-state index contributed by atoms with van der Waals surface area (Å²) in [6.07, 6.45) is 4.70. The number of hydroxylamine groups is 2. The van der Waals surface area contributed by atoms with Crippen LogP contribution in [0.2, 0.25) is 0 Å². The Labute approximate surface area is 180 Å². The van der Waals surface area contributed by atoms with Gasteiger partial charge in [-0.1, -0.05) is 12.1 Å². The van der Waals surface area contributed by atoms with Crippen LogP contribution in [0.1, 0.15) is 24.8 Å². The highest BCUT2D eigenvalue weighted by Gasteiger charge is 2.58. The van der Waals surface area contributed by atoms with E-state index in [4.69, 9.17) is 14.3 Å². The normalized spacial score (nSPS) is 20.8. The number of carbonyl (C=O) groups is 2. The first-order valence-electron chi connectivity index (χ1n) is 10.3. The lowest BCUT2D eigenvalue weighted by Crippen LogP contribution is -2.57. The van der Waals surface area contributed by atoms with E-state index in [1.54, 1.807) is 18.5 Å². The van der Waals surface area contributed by atoms with Crippen LogP contribution in [0.3, 0.4) is 0 Å². The van der Waals surface area contributed by atoms with Gasteiger partial charge >= 0.3 is 12.0 Å². The topological polar surface area (TPSA) is 94.1 Å². The van der Waals surface area contributed by atoms with Crippen LogP contribution in [0.4, 0.5) is 0 Å². The number of esters is 1. The molecule has 0 radical (unpaired) electrons. The summed E-state index contributed by atoms with van der Waals surface area (Å²) >= 11 is 0. The van der Waals surface area contributed by atoms with Crippen molar-refractivity contribution in [1.82, 2.24) is 19.9 Å². The number of hydrogen-bond donors (Lipinski definition) is 0. The summed E-state index contributed by atoms with van der Waals surface area (Å²) in [4.78, 5) is 40.6. The van der Waals surface area contributed by atoms with E-state index in [2.05, 4.69) is 14.9 Å². The van der Waals surface area contributed by atoms with Crippen LogP contribution < -0.4 is 4.74 Å². The number of nitrogens with zero attached hydrogens (tertiary/aromatic N) is 4. The first-order chi connectivity index (χ1) is 15.1. The summed E-state index contributed by atoms with van der Waals surface area (Å²) in [6.45, 7) is 2.26. The molecule has 1 aromatic heterocycles. The van der Waals surface area contributed by atoms with Gasteiger partial charge < -0.3 is 9.47 Å². The van der Waals surface area contributed by atoms with Gasteiger partial charge in [-0.2, -0.15) is 0 Å². The second-order valence-electron chi connectivity index (χ2n) is 7.81. The Morgan fingerprint density at radius 3 is 2.42 bits per heavy atom. The number of methoxy groups -OCH3 is 1. The second-order valence-corrected chi connectivity index (χ2v) is 7.81. The van der Waals surface area contributed by atoms with Gasteiger partial charge in [0.15, 0.2) is 0 Å². The summed E-state index contributed by atoms with van der Waals surface area (Å²) in [7, 11) is 2.85. The average Bonchev–Trinajstić information content (AvgIpc) is 3.07. The van der Waals surface area contributed by atoms with Crippen molar-refractivity contribution in [1.29, 1.82) is 0 Å². The summed E-state index contributed by atoms with van der Waals surface area (Å²) in [6, 6.07) is 9.87. The number of hydrogen-bond acceptors (Lipinski definition) is 8. The molecule has 1 unspecified atom stereocenters. The Kier molecular flexibility index (Phi) is 6.15. The summed E-state index contributed by atoms with van der Waals surface area (Å²) < 4.78 is 10.6. The van der Waals surface area contributed by atoms with Gasteiger partial charge in [0, 0.05) is 38.4 Å². The van der Waals surface area contributed by atoms with E-state index in [1.165, 1.54) is 19.3 Å². The molecule has 0 N–H and O–H groups in total. The number of carbonyl (C=O) groups excluding carboxylic acids is 2. The van der Waals surface area contributed by atoms with Crippen molar-refractivity contribution in [3.05, 3.63) is 48.3 Å². The number of rotatable bonds is 6. The quantitative estimate of drug-likeness (QED) is 0.649. The van der Waals surface area contributed by atoms with E-state index in [0.29, 0.717) is 24.6 Å². The van der Waals surface area contributed by atoms with Crippen molar-refractivity contribution in [2.75, 3.05) is 27.3 Å². The third-order valence-electron chi connectivity index (χ3n) is 6.13. The molecule has 1 aromatic carbocycles. The summed E-state index contributed by atoms with van der Waals surface area (Å²) in [5.41, 5.74) is 0.510. The maximum atomic E-state index is 12.4. The van der Waals surface area contributed by atoms with Crippen molar-refractivity contribution in [2.45, 2.75) is 31.3 Å². The van der Waals surface area contributed by atoms with Gasteiger partial charge in [0.1, 0.15) is 5.75 Å². The fourth-order valence-corrected chi connectivity index (χ4v) is 4.58. The predicted molar refractivity (Wildman–Crippen MR) is 110 cm³/mol. The Hall–Kier alpha value is -3.04. The number of aromatic nitrogens is 2. The van der Waals surface area contributed by atoms with Crippen LogP contribution >= 0.6 is 0 Å². The van der Waals surface area contributed by atoms with Gasteiger partial charge in [-0.05, 0) is 36.6 Å². The highest BCUT2D eigenvalue weighted by molar-refractivity contribution is 5.88. The average molecular weight is 426 g/mol. The minimum atomic E-state index is -0.636. The molecule has 2 fully saturated rings. The van der Waals surface area contributed by atoms with Crippen molar-refractivity contribution in [2.24, 2.45) is 5.92 Å². The number of likely N-dealkylation sites (tertiary alicyclic amines) is 1. The Balaban J connectivity index is 1.38. The largest absolute Gasteiger partial charge is 0.469 e. The number of ether oxygens (including phenoxy) is 2. The lowest BCUT2D eigenvalue weighted by molar-refractivity contribution is -0.210. The zero-order valence-electron chi connectivity index (χ0n) is 17.7. The first-order valence-corrected chi connectivity index (χ1v) is 10.3. The van der Waals surface area contributed by atoms with Gasteiger partial charge in [-0.15, -0.1) is 0 Å². The molecular formula is C22H26N4O5. The lowest BCUT2D eigenvalue weighted by Gasteiger charge is -2.45. The molecular weight excluding hydrogens is 400 g/mol. The molecule has 1 amide bonds. The Morgan fingerprint density at radius 2 is 1.81 bits per heavy atom. The smallest absolute Gasteiger partial charge is 0.321 e. The summed E-state index contributed by atoms with van der Waals surface area (Å²) in [5.74, 6) is -0.332. The molecule has 9 nitrogen and oxygen atoms in total. The zero-order chi connectivity index (χ0) is 21.8. The standard InChI is InChI=1S/C22H26N4O5/c1-29-20(28)18-14-19(27)26(30-2)22(18)8-12-25(13-9-22)15-16-4-6-17(7-5-16)31-21-23-10-3-11-24-21/h3-7,10-11,18H,8-9,12-15H2,1-2H3. The van der Waals surface area contributed by atoms with Gasteiger partial charge in [0.2, 0.25) is 5.91 Å². The van der Waals surface area contributed by atoms with Crippen LogP contribution in [0, 0.1) is 5.92 Å². The maximum absolute atomic E-state index is 12.4. The monoisotopic (exact) mass is 426 g/mol. The minimum Gasteiger partial charge on any atom is -0.469 e. The van der Waals surface area contributed by atoms with Crippen molar-refractivity contribution >= 4 is 11.9 Å². The molecule has 1 atom stereocenters. The molecule has 2 aliphatic rings. The second kappa shape index (κ2) is 8.99. The van der Waals surface area contributed by atoms with Crippen LogP contribution in [-0.4, -0.2) is 64.7 Å². The van der Waals surface area contributed by atoms with Crippen molar-refractivity contribution in [3.63, 3.8) is 0 Å². The van der Waals surface area contributed by atoms with E-state index in [9.17, 15) is 9.59 Å². The molecule has 2 aromatic rings. The van der Waals surface area contributed by atoms with Gasteiger partial charge in [-0.25, -0.2) is 15.0 Å². The maximum Gasteiger partial charge on any atom is 0.321 e. The molecule has 31 heavy (non-hydrogen) atoms. The third kappa shape index (κ3) is 4.24.